The van der Waals surface area contributed by atoms with Crippen molar-refractivity contribution >= 4 is 23.4 Å². The van der Waals surface area contributed by atoms with E-state index in [9.17, 15) is 9.59 Å². The minimum Gasteiger partial charge on any atom is -0.497 e. The van der Waals surface area contributed by atoms with Gasteiger partial charge >= 0.3 is 5.97 Å². The fourth-order valence-corrected chi connectivity index (χ4v) is 1.52. The number of hydrogen-bond acceptors (Lipinski definition) is 4. The highest BCUT2D eigenvalue weighted by atomic mass is 35.5. The van der Waals surface area contributed by atoms with Crippen LogP contribution < -0.4 is 4.74 Å². The molecular formula is C12H13ClO4. The average Bonchev–Trinajstić information content (AvgIpc) is 2.31. The van der Waals surface area contributed by atoms with E-state index in [2.05, 4.69) is 4.74 Å². The molecule has 0 atom stereocenters. The van der Waals surface area contributed by atoms with Crippen LogP contribution in [-0.2, 0) is 9.53 Å². The lowest BCUT2D eigenvalue weighted by molar-refractivity contribution is -0.137. The molecule has 5 heteroatoms. The van der Waals surface area contributed by atoms with Crippen LogP contribution in [0.2, 0.25) is 5.02 Å². The summed E-state index contributed by atoms with van der Waals surface area (Å²) in [7, 11) is 1.47. The van der Waals surface area contributed by atoms with Gasteiger partial charge in [-0.1, -0.05) is 11.6 Å². The van der Waals surface area contributed by atoms with Crippen molar-refractivity contribution < 1.29 is 19.1 Å². The SMILES string of the molecule is CCOC(=O)C(=O)c1cc(OC)cc(C)c1Cl. The number of ketones is 1. The Hall–Kier alpha value is -1.55. The van der Waals surface area contributed by atoms with Gasteiger partial charge in [-0.3, -0.25) is 4.79 Å². The van der Waals surface area contributed by atoms with E-state index < -0.39 is 11.8 Å². The van der Waals surface area contributed by atoms with E-state index in [0.717, 1.165) is 0 Å². The molecule has 0 aromatic heterocycles. The maximum atomic E-state index is 11.8. The Morgan fingerprint density at radius 1 is 1.35 bits per heavy atom. The fraction of sp³-hybridized carbons (Fsp3) is 0.333. The van der Waals surface area contributed by atoms with Crippen LogP contribution in [-0.4, -0.2) is 25.5 Å². The second-order valence-corrected chi connectivity index (χ2v) is 3.73. The van der Waals surface area contributed by atoms with Crippen LogP contribution in [0.5, 0.6) is 5.75 Å². The van der Waals surface area contributed by atoms with Crippen LogP contribution in [0.25, 0.3) is 0 Å². The van der Waals surface area contributed by atoms with Gasteiger partial charge < -0.3 is 9.47 Å². The second kappa shape index (κ2) is 5.68. The van der Waals surface area contributed by atoms with Gasteiger partial charge in [0.1, 0.15) is 5.75 Å². The number of aryl methyl sites for hydroxylation is 1. The summed E-state index contributed by atoms with van der Waals surface area (Å²) in [6.45, 7) is 3.50. The van der Waals surface area contributed by atoms with E-state index in [1.807, 2.05) is 0 Å². The number of benzene rings is 1. The molecule has 0 aliphatic rings. The first-order valence-corrected chi connectivity index (χ1v) is 5.44. The van der Waals surface area contributed by atoms with Crippen LogP contribution in [0.1, 0.15) is 22.8 Å². The van der Waals surface area contributed by atoms with Gasteiger partial charge in [0.05, 0.1) is 24.3 Å². The highest BCUT2D eigenvalue weighted by Crippen LogP contribution is 2.27. The van der Waals surface area contributed by atoms with Gasteiger partial charge in [0, 0.05) is 0 Å². The number of methoxy groups -OCH3 is 1. The molecule has 1 aromatic carbocycles. The predicted molar refractivity (Wildman–Crippen MR) is 63.7 cm³/mol. The van der Waals surface area contributed by atoms with Crippen molar-refractivity contribution in [3.05, 3.63) is 28.3 Å². The highest BCUT2D eigenvalue weighted by Gasteiger charge is 2.22. The third-order valence-corrected chi connectivity index (χ3v) is 2.67. The number of carbonyl (C=O) groups is 2. The Morgan fingerprint density at radius 3 is 2.53 bits per heavy atom. The second-order valence-electron chi connectivity index (χ2n) is 3.36. The van der Waals surface area contributed by atoms with Crippen LogP contribution >= 0.6 is 11.6 Å². The maximum Gasteiger partial charge on any atom is 0.379 e. The molecule has 4 nitrogen and oxygen atoms in total. The number of hydrogen-bond donors (Lipinski definition) is 0. The van der Waals surface area contributed by atoms with E-state index in [1.54, 1.807) is 19.9 Å². The molecule has 1 aromatic rings. The van der Waals surface area contributed by atoms with E-state index in [0.29, 0.717) is 11.3 Å². The standard InChI is InChI=1S/C12H13ClO4/c1-4-17-12(15)11(14)9-6-8(16-3)5-7(2)10(9)13/h5-6H,4H2,1-3H3. The van der Waals surface area contributed by atoms with E-state index in [-0.39, 0.29) is 17.2 Å². The van der Waals surface area contributed by atoms with Crippen LogP contribution in [0.15, 0.2) is 12.1 Å². The van der Waals surface area contributed by atoms with Crippen LogP contribution in [0, 0.1) is 6.92 Å². The van der Waals surface area contributed by atoms with Gasteiger partial charge in [0.25, 0.3) is 5.78 Å². The Bertz CT molecular complexity index is 454. The lowest BCUT2D eigenvalue weighted by Gasteiger charge is -2.08. The summed E-state index contributed by atoms with van der Waals surface area (Å²) in [5, 5.41) is 0.240. The summed E-state index contributed by atoms with van der Waals surface area (Å²) < 4.78 is 9.66. The first kappa shape index (κ1) is 13.5. The molecule has 0 aliphatic heterocycles. The molecule has 0 amide bonds. The minimum atomic E-state index is -0.915. The topological polar surface area (TPSA) is 52.6 Å². The van der Waals surface area contributed by atoms with Crippen molar-refractivity contribution in [2.75, 3.05) is 13.7 Å². The van der Waals surface area contributed by atoms with Gasteiger partial charge in [-0.2, -0.15) is 0 Å². The first-order valence-electron chi connectivity index (χ1n) is 5.06. The number of carbonyl (C=O) groups excluding carboxylic acids is 2. The van der Waals surface area contributed by atoms with Crippen molar-refractivity contribution in [2.24, 2.45) is 0 Å². The largest absolute Gasteiger partial charge is 0.497 e. The Morgan fingerprint density at radius 2 is 2.00 bits per heavy atom. The van der Waals surface area contributed by atoms with E-state index in [4.69, 9.17) is 16.3 Å². The zero-order valence-electron chi connectivity index (χ0n) is 9.87. The fourth-order valence-electron chi connectivity index (χ4n) is 1.33. The molecule has 0 fully saturated rings. The quantitative estimate of drug-likeness (QED) is 0.472. The molecule has 0 N–H and O–H groups in total. The molecule has 0 unspecified atom stereocenters. The normalized spacial score (nSPS) is 9.88. The van der Waals surface area contributed by atoms with Crippen molar-refractivity contribution in [3.8, 4) is 5.75 Å². The lowest BCUT2D eigenvalue weighted by atomic mass is 10.1. The van der Waals surface area contributed by atoms with Gasteiger partial charge in [-0.25, -0.2) is 4.79 Å². The zero-order valence-corrected chi connectivity index (χ0v) is 10.6. The van der Waals surface area contributed by atoms with Crippen molar-refractivity contribution in [1.82, 2.24) is 0 Å². The summed E-state index contributed by atoms with van der Waals surface area (Å²) in [5.74, 6) is -1.21. The monoisotopic (exact) mass is 256 g/mol. The molecular weight excluding hydrogens is 244 g/mol. The van der Waals surface area contributed by atoms with E-state index >= 15 is 0 Å². The molecule has 17 heavy (non-hydrogen) atoms. The molecule has 0 heterocycles. The van der Waals surface area contributed by atoms with Gasteiger partial charge in [-0.15, -0.1) is 0 Å². The third-order valence-electron chi connectivity index (χ3n) is 2.17. The molecule has 0 saturated carbocycles. The molecule has 0 radical (unpaired) electrons. The molecule has 0 aliphatic carbocycles. The summed E-state index contributed by atoms with van der Waals surface area (Å²) in [5.41, 5.74) is 0.764. The number of Topliss-reactive ketones (excluding diaryl/α,β-unsaturated/α-hetero) is 1. The maximum absolute atomic E-state index is 11.8. The van der Waals surface area contributed by atoms with Crippen molar-refractivity contribution in [3.63, 3.8) is 0 Å². The third kappa shape index (κ3) is 2.97. The zero-order chi connectivity index (χ0) is 13.0. The molecule has 0 saturated heterocycles. The molecule has 0 bridgehead atoms. The molecule has 92 valence electrons. The number of esters is 1. The summed E-state index contributed by atoms with van der Waals surface area (Å²) in [6, 6.07) is 3.11. The Balaban J connectivity index is 3.16. The smallest absolute Gasteiger partial charge is 0.379 e. The summed E-state index contributed by atoms with van der Waals surface area (Å²) >= 11 is 5.98. The van der Waals surface area contributed by atoms with Crippen molar-refractivity contribution in [1.29, 1.82) is 0 Å². The lowest BCUT2D eigenvalue weighted by Crippen LogP contribution is -2.18. The molecule has 0 spiro atoms. The van der Waals surface area contributed by atoms with E-state index in [1.165, 1.54) is 13.2 Å². The first-order chi connectivity index (χ1) is 8.01. The highest BCUT2D eigenvalue weighted by molar-refractivity contribution is 6.45. The van der Waals surface area contributed by atoms with Crippen LogP contribution in [0.3, 0.4) is 0 Å². The number of rotatable bonds is 4. The summed E-state index contributed by atoms with van der Waals surface area (Å²) in [4.78, 5) is 23.1. The van der Waals surface area contributed by atoms with Crippen LogP contribution in [0.4, 0.5) is 0 Å². The Kier molecular flexibility index (Phi) is 4.52. The van der Waals surface area contributed by atoms with Gasteiger partial charge in [-0.05, 0) is 31.5 Å². The predicted octanol–water partition coefficient (Wildman–Crippen LogP) is 2.40. The number of halogens is 1. The Labute approximate surface area is 104 Å². The summed E-state index contributed by atoms with van der Waals surface area (Å²) in [6.07, 6.45) is 0. The number of ether oxygens (including phenoxy) is 2. The van der Waals surface area contributed by atoms with Gasteiger partial charge in [0.2, 0.25) is 0 Å². The van der Waals surface area contributed by atoms with Crippen molar-refractivity contribution in [2.45, 2.75) is 13.8 Å². The molecule has 1 rings (SSSR count). The minimum absolute atomic E-state index is 0.0990. The average molecular weight is 257 g/mol. The van der Waals surface area contributed by atoms with Gasteiger partial charge in [0.15, 0.2) is 0 Å².